The van der Waals surface area contributed by atoms with Crippen molar-refractivity contribution in [2.45, 2.75) is 64.8 Å². The Morgan fingerprint density at radius 2 is 2.12 bits per heavy atom. The Hall–Kier alpha value is -0.340. The lowest BCUT2D eigenvalue weighted by molar-refractivity contribution is -0.00405. The number of hydrogen-bond acceptors (Lipinski definition) is 2. The van der Waals surface area contributed by atoms with E-state index in [1.165, 1.54) is 6.42 Å². The van der Waals surface area contributed by atoms with Crippen molar-refractivity contribution in [1.82, 2.24) is 0 Å². The largest absolute Gasteiger partial charge is 0.390 e. The molecule has 5 atom stereocenters. The smallest absolute Gasteiger partial charge is 0.103 e. The minimum atomic E-state index is -0.564. The molecule has 0 aromatic carbocycles. The van der Waals surface area contributed by atoms with Gasteiger partial charge in [-0.1, -0.05) is 25.5 Å². The summed E-state index contributed by atoms with van der Waals surface area (Å²) in [4.78, 5) is 0. The number of aliphatic hydroxyl groups is 1. The molecule has 2 aliphatic carbocycles. The Morgan fingerprint density at radius 1 is 1.41 bits per heavy atom. The molecule has 1 saturated heterocycles. The quantitative estimate of drug-likeness (QED) is 0.561. The van der Waals surface area contributed by atoms with Gasteiger partial charge in [-0.15, -0.1) is 0 Å². The number of hydrogen-bond donors (Lipinski definition) is 1. The van der Waals surface area contributed by atoms with E-state index in [2.05, 4.69) is 19.9 Å². The van der Waals surface area contributed by atoms with Crippen LogP contribution >= 0.6 is 0 Å². The van der Waals surface area contributed by atoms with Gasteiger partial charge in [-0.05, 0) is 44.9 Å². The summed E-state index contributed by atoms with van der Waals surface area (Å²) in [5.41, 5.74) is 1.22. The van der Waals surface area contributed by atoms with Gasteiger partial charge in [-0.2, -0.15) is 0 Å². The number of fused-ring (bicyclic) bond motifs is 3. The van der Waals surface area contributed by atoms with Gasteiger partial charge in [0.2, 0.25) is 0 Å². The molecular formula is C15H24O2. The molecule has 1 aliphatic heterocycles. The van der Waals surface area contributed by atoms with E-state index in [-0.39, 0.29) is 5.41 Å². The molecule has 3 aliphatic rings. The maximum absolute atomic E-state index is 10.3. The molecule has 0 unspecified atom stereocenters. The highest BCUT2D eigenvalue weighted by Gasteiger charge is 2.60. The van der Waals surface area contributed by atoms with Gasteiger partial charge < -0.3 is 9.84 Å². The molecule has 2 heteroatoms. The first-order valence-electron chi connectivity index (χ1n) is 6.92. The second-order valence-corrected chi connectivity index (χ2v) is 7.09. The molecular weight excluding hydrogens is 212 g/mol. The zero-order valence-corrected chi connectivity index (χ0v) is 11.4. The van der Waals surface area contributed by atoms with Crippen molar-refractivity contribution in [1.29, 1.82) is 0 Å². The molecule has 0 amide bonds. The average molecular weight is 236 g/mol. The molecule has 17 heavy (non-hydrogen) atoms. The molecule has 1 N–H and O–H groups in total. The highest BCUT2D eigenvalue weighted by molar-refractivity contribution is 5.35. The van der Waals surface area contributed by atoms with E-state index >= 15 is 0 Å². The number of epoxide rings is 1. The fraction of sp³-hybridized carbons (Fsp3) is 0.867. The summed E-state index contributed by atoms with van der Waals surface area (Å²) < 4.78 is 5.73. The normalized spacial score (nSPS) is 49.1. The predicted molar refractivity (Wildman–Crippen MR) is 67.7 cm³/mol. The van der Waals surface area contributed by atoms with Crippen molar-refractivity contribution in [2.75, 3.05) is 0 Å². The maximum Gasteiger partial charge on any atom is 0.103 e. The first kappa shape index (κ1) is 11.7. The third-order valence-electron chi connectivity index (χ3n) is 5.31. The molecule has 1 heterocycles. The lowest BCUT2D eigenvalue weighted by Crippen LogP contribution is -2.36. The molecule has 0 aromatic rings. The zero-order valence-electron chi connectivity index (χ0n) is 11.4. The van der Waals surface area contributed by atoms with Crippen molar-refractivity contribution in [2.24, 2.45) is 17.3 Å². The van der Waals surface area contributed by atoms with Crippen LogP contribution < -0.4 is 0 Å². The van der Waals surface area contributed by atoms with Gasteiger partial charge in [-0.3, -0.25) is 0 Å². The third-order valence-corrected chi connectivity index (χ3v) is 5.31. The highest BCUT2D eigenvalue weighted by atomic mass is 16.6. The summed E-state index contributed by atoms with van der Waals surface area (Å²) in [6.45, 7) is 8.60. The fourth-order valence-corrected chi connectivity index (χ4v) is 4.08. The summed E-state index contributed by atoms with van der Waals surface area (Å²) in [5, 5.41) is 10.3. The second kappa shape index (κ2) is 3.36. The van der Waals surface area contributed by atoms with Gasteiger partial charge in [0.1, 0.15) is 6.10 Å². The molecule has 0 bridgehead atoms. The van der Waals surface area contributed by atoms with Crippen molar-refractivity contribution in [3.8, 4) is 0 Å². The Kier molecular flexibility index (Phi) is 2.32. The molecule has 1 saturated carbocycles. The SMILES string of the molecule is C[C@@H]1CC[C@@H](C(C)(C)O)C[C@]2(C)C1=C[C@H]1O[C@H]12. The van der Waals surface area contributed by atoms with E-state index in [4.69, 9.17) is 4.74 Å². The van der Waals surface area contributed by atoms with E-state index in [1.807, 2.05) is 13.8 Å². The van der Waals surface area contributed by atoms with Crippen LogP contribution in [-0.4, -0.2) is 22.9 Å². The van der Waals surface area contributed by atoms with Crippen LogP contribution in [0.25, 0.3) is 0 Å². The number of rotatable bonds is 1. The molecule has 96 valence electrons. The minimum absolute atomic E-state index is 0.186. The van der Waals surface area contributed by atoms with E-state index < -0.39 is 5.60 Å². The third kappa shape index (κ3) is 1.68. The van der Waals surface area contributed by atoms with Gasteiger partial charge in [0.25, 0.3) is 0 Å². The summed E-state index contributed by atoms with van der Waals surface area (Å²) in [5.74, 6) is 1.05. The Bertz CT molecular complexity index is 366. The molecule has 2 fully saturated rings. The van der Waals surface area contributed by atoms with E-state index in [0.717, 1.165) is 12.8 Å². The molecule has 0 spiro atoms. The van der Waals surface area contributed by atoms with Crippen LogP contribution in [0.3, 0.4) is 0 Å². The standard InChI is InChI=1S/C15H24O2/c1-9-5-6-10(14(2,3)16)8-15(4)11(9)7-12-13(15)17-12/h7,9-10,12-13,16H,5-6,8H2,1-4H3/t9-,10-,12-,13-,15-/m1/s1. The first-order chi connectivity index (χ1) is 7.82. The first-order valence-corrected chi connectivity index (χ1v) is 6.92. The van der Waals surface area contributed by atoms with Crippen LogP contribution in [0.5, 0.6) is 0 Å². The lowest BCUT2D eigenvalue weighted by atomic mass is 9.71. The van der Waals surface area contributed by atoms with E-state index in [0.29, 0.717) is 24.0 Å². The van der Waals surface area contributed by atoms with Gasteiger partial charge in [0.15, 0.2) is 0 Å². The summed E-state index contributed by atoms with van der Waals surface area (Å²) in [6, 6.07) is 0. The topological polar surface area (TPSA) is 32.8 Å². The van der Waals surface area contributed by atoms with E-state index in [1.54, 1.807) is 5.57 Å². The van der Waals surface area contributed by atoms with Crippen LogP contribution in [0.1, 0.15) is 47.0 Å². The molecule has 2 nitrogen and oxygen atoms in total. The Morgan fingerprint density at radius 3 is 2.76 bits per heavy atom. The van der Waals surface area contributed by atoms with Crippen molar-refractivity contribution in [3.05, 3.63) is 11.6 Å². The second-order valence-electron chi connectivity index (χ2n) is 7.09. The van der Waals surface area contributed by atoms with Crippen LogP contribution in [0, 0.1) is 17.3 Å². The van der Waals surface area contributed by atoms with Crippen molar-refractivity contribution < 1.29 is 9.84 Å². The van der Waals surface area contributed by atoms with Crippen LogP contribution in [0.4, 0.5) is 0 Å². The van der Waals surface area contributed by atoms with Crippen molar-refractivity contribution >= 4 is 0 Å². The van der Waals surface area contributed by atoms with Gasteiger partial charge in [0.05, 0.1) is 11.7 Å². The summed E-state index contributed by atoms with van der Waals surface area (Å²) in [7, 11) is 0. The Balaban J connectivity index is 1.92. The molecule has 0 aromatic heterocycles. The summed E-state index contributed by atoms with van der Waals surface area (Å²) >= 11 is 0. The van der Waals surface area contributed by atoms with Crippen LogP contribution in [-0.2, 0) is 4.74 Å². The average Bonchev–Trinajstić information content (AvgIpc) is 2.94. The van der Waals surface area contributed by atoms with Crippen LogP contribution in [0.15, 0.2) is 11.6 Å². The maximum atomic E-state index is 10.3. The van der Waals surface area contributed by atoms with Crippen LogP contribution in [0.2, 0.25) is 0 Å². The zero-order chi connectivity index (χ0) is 12.4. The lowest BCUT2D eigenvalue weighted by Gasteiger charge is -2.36. The Labute approximate surface area is 104 Å². The number of ether oxygens (including phenoxy) is 1. The fourth-order valence-electron chi connectivity index (χ4n) is 4.08. The molecule has 0 radical (unpaired) electrons. The minimum Gasteiger partial charge on any atom is -0.390 e. The molecule has 3 rings (SSSR count). The monoisotopic (exact) mass is 236 g/mol. The predicted octanol–water partition coefficient (Wildman–Crippen LogP) is 2.91. The highest BCUT2D eigenvalue weighted by Crippen LogP contribution is 2.59. The van der Waals surface area contributed by atoms with E-state index in [9.17, 15) is 5.11 Å². The van der Waals surface area contributed by atoms with Crippen molar-refractivity contribution in [3.63, 3.8) is 0 Å². The summed E-state index contributed by atoms with van der Waals surface area (Å²) in [6.07, 6.45) is 6.57. The van der Waals surface area contributed by atoms with Gasteiger partial charge in [0, 0.05) is 5.41 Å². The van der Waals surface area contributed by atoms with Gasteiger partial charge in [-0.25, -0.2) is 0 Å². The van der Waals surface area contributed by atoms with Gasteiger partial charge >= 0.3 is 0 Å².